The zero-order valence-electron chi connectivity index (χ0n) is 19.0. The largest absolute Gasteiger partial charge is 0.403 e. The van der Waals surface area contributed by atoms with Gasteiger partial charge in [0.2, 0.25) is 5.95 Å². The molecule has 10 heteroatoms. The summed E-state index contributed by atoms with van der Waals surface area (Å²) < 4.78 is 15.6. The standard InChI is InChI=1S/C26H21FN8O/c27-18-6-7-22-20(11-18)21(12-23(32-22)17-8-9-35-24(10-17)33-26(29)34-35)25(36)31-19(13-28)15-30-14-16-4-2-1-3-5-16/h1-13,15H,14,28H2,(H2,29,34)(H,31,36). The minimum absolute atomic E-state index is 0.143. The minimum Gasteiger partial charge on any atom is -0.403 e. The van der Waals surface area contributed by atoms with E-state index in [0.717, 1.165) is 5.56 Å². The molecule has 5 N–H and O–H groups in total. The van der Waals surface area contributed by atoms with Crippen molar-refractivity contribution < 1.29 is 9.18 Å². The van der Waals surface area contributed by atoms with Crippen LogP contribution >= 0.6 is 0 Å². The van der Waals surface area contributed by atoms with E-state index in [1.165, 1.54) is 35.1 Å². The van der Waals surface area contributed by atoms with Crippen LogP contribution in [0.1, 0.15) is 15.9 Å². The highest BCUT2D eigenvalue weighted by Crippen LogP contribution is 2.26. The van der Waals surface area contributed by atoms with Gasteiger partial charge in [-0.25, -0.2) is 13.9 Å². The highest BCUT2D eigenvalue weighted by Gasteiger charge is 2.16. The quantitative estimate of drug-likeness (QED) is 0.318. The van der Waals surface area contributed by atoms with Gasteiger partial charge in [-0.15, -0.1) is 5.10 Å². The fourth-order valence-corrected chi connectivity index (χ4v) is 3.74. The van der Waals surface area contributed by atoms with Gasteiger partial charge in [0.15, 0.2) is 5.65 Å². The molecule has 0 aliphatic carbocycles. The van der Waals surface area contributed by atoms with Gasteiger partial charge in [-0.2, -0.15) is 4.98 Å². The third-order valence-electron chi connectivity index (χ3n) is 5.45. The first-order valence-electron chi connectivity index (χ1n) is 11.0. The van der Waals surface area contributed by atoms with Crippen molar-refractivity contribution in [2.24, 2.45) is 10.7 Å². The summed E-state index contributed by atoms with van der Waals surface area (Å²) in [4.78, 5) is 26.4. The number of anilines is 1. The SMILES string of the molecule is NC=C(C=NCc1ccccc1)NC(=O)c1cc(-c2ccn3nc(N)nc3c2)nc2ccc(F)cc12. The second-order valence-corrected chi connectivity index (χ2v) is 7.94. The Morgan fingerprint density at radius 1 is 1.08 bits per heavy atom. The molecule has 0 aliphatic heterocycles. The predicted octanol–water partition coefficient (Wildman–Crippen LogP) is 3.47. The van der Waals surface area contributed by atoms with Crippen molar-refractivity contribution in [1.29, 1.82) is 0 Å². The molecule has 0 spiro atoms. The molecule has 0 radical (unpaired) electrons. The predicted molar refractivity (Wildman–Crippen MR) is 136 cm³/mol. The van der Waals surface area contributed by atoms with Crippen LogP contribution in [0.25, 0.3) is 27.8 Å². The Hall–Kier alpha value is -5.12. The summed E-state index contributed by atoms with van der Waals surface area (Å²) in [6.45, 7) is 0.428. The van der Waals surface area contributed by atoms with Crippen molar-refractivity contribution in [3.8, 4) is 11.3 Å². The normalized spacial score (nSPS) is 12.0. The number of carbonyl (C=O) groups is 1. The number of amides is 1. The molecule has 3 aromatic heterocycles. The molecule has 0 saturated heterocycles. The molecule has 0 unspecified atom stereocenters. The summed E-state index contributed by atoms with van der Waals surface area (Å²) in [7, 11) is 0. The van der Waals surface area contributed by atoms with Gasteiger partial charge in [0.1, 0.15) is 5.82 Å². The molecule has 0 fully saturated rings. The molecule has 2 aromatic carbocycles. The molecule has 1 amide bonds. The van der Waals surface area contributed by atoms with E-state index in [1.807, 2.05) is 30.3 Å². The number of allylic oxidation sites excluding steroid dienone is 1. The van der Waals surface area contributed by atoms with Gasteiger partial charge in [0.25, 0.3) is 5.91 Å². The van der Waals surface area contributed by atoms with Crippen LogP contribution in [0.15, 0.2) is 89.8 Å². The number of aromatic nitrogens is 4. The second-order valence-electron chi connectivity index (χ2n) is 7.94. The summed E-state index contributed by atoms with van der Waals surface area (Å²) in [5.74, 6) is -0.820. The van der Waals surface area contributed by atoms with Crippen molar-refractivity contribution in [1.82, 2.24) is 24.9 Å². The average Bonchev–Trinajstić information content (AvgIpc) is 3.27. The van der Waals surface area contributed by atoms with E-state index in [9.17, 15) is 9.18 Å². The van der Waals surface area contributed by atoms with Gasteiger partial charge in [0, 0.05) is 29.6 Å². The maximum Gasteiger partial charge on any atom is 0.256 e. The Bertz CT molecular complexity index is 1640. The number of halogens is 1. The monoisotopic (exact) mass is 480 g/mol. The molecule has 0 bridgehead atoms. The van der Waals surface area contributed by atoms with Crippen molar-refractivity contribution in [3.63, 3.8) is 0 Å². The topological polar surface area (TPSA) is 137 Å². The van der Waals surface area contributed by atoms with E-state index >= 15 is 0 Å². The Kier molecular flexibility index (Phi) is 6.06. The lowest BCUT2D eigenvalue weighted by atomic mass is 10.0. The lowest BCUT2D eigenvalue weighted by Crippen LogP contribution is -2.25. The summed E-state index contributed by atoms with van der Waals surface area (Å²) in [5.41, 5.74) is 15.1. The number of aliphatic imine (C=N–C) groups is 1. The van der Waals surface area contributed by atoms with Crippen LogP contribution in [0, 0.1) is 5.82 Å². The minimum atomic E-state index is -0.482. The second kappa shape index (κ2) is 9.63. The van der Waals surface area contributed by atoms with Crippen LogP contribution in [0.5, 0.6) is 0 Å². The highest BCUT2D eigenvalue weighted by atomic mass is 19.1. The van der Waals surface area contributed by atoms with Gasteiger partial charge >= 0.3 is 0 Å². The number of hydrogen-bond donors (Lipinski definition) is 3. The molecular formula is C26H21FN8O. The van der Waals surface area contributed by atoms with Gasteiger partial charge in [-0.3, -0.25) is 9.79 Å². The average molecular weight is 481 g/mol. The molecule has 5 rings (SSSR count). The molecule has 3 heterocycles. The third kappa shape index (κ3) is 4.73. The number of carbonyl (C=O) groups excluding carboxylic acids is 1. The van der Waals surface area contributed by atoms with Crippen molar-refractivity contribution in [3.05, 3.63) is 102 Å². The first kappa shape index (κ1) is 22.7. The Balaban J connectivity index is 1.48. The number of nitrogens with zero attached hydrogens (tertiary/aromatic N) is 5. The molecule has 0 atom stereocenters. The number of pyridine rings is 2. The van der Waals surface area contributed by atoms with Crippen molar-refractivity contribution in [2.75, 3.05) is 5.73 Å². The number of nitrogens with two attached hydrogens (primary N) is 2. The van der Waals surface area contributed by atoms with Crippen LogP contribution in [-0.4, -0.2) is 31.7 Å². The van der Waals surface area contributed by atoms with Crippen LogP contribution in [0.4, 0.5) is 10.3 Å². The summed E-state index contributed by atoms with van der Waals surface area (Å²) in [6, 6.07) is 18.9. The van der Waals surface area contributed by atoms with Crippen LogP contribution in [0.2, 0.25) is 0 Å². The van der Waals surface area contributed by atoms with E-state index in [2.05, 4.69) is 25.4 Å². The Morgan fingerprint density at radius 3 is 2.72 bits per heavy atom. The number of nitrogen functional groups attached to an aromatic ring is 1. The third-order valence-corrected chi connectivity index (χ3v) is 5.45. The van der Waals surface area contributed by atoms with Crippen LogP contribution in [-0.2, 0) is 6.54 Å². The van der Waals surface area contributed by atoms with E-state index in [4.69, 9.17) is 11.5 Å². The van der Waals surface area contributed by atoms with E-state index in [0.29, 0.717) is 40.0 Å². The highest BCUT2D eigenvalue weighted by molar-refractivity contribution is 6.09. The molecule has 178 valence electrons. The number of nitrogens with one attached hydrogen (secondary N) is 1. The number of rotatable bonds is 6. The fraction of sp³-hybridized carbons (Fsp3) is 0.0385. The fourth-order valence-electron chi connectivity index (χ4n) is 3.74. The van der Waals surface area contributed by atoms with Crippen molar-refractivity contribution in [2.45, 2.75) is 6.54 Å². The lowest BCUT2D eigenvalue weighted by Gasteiger charge is -2.11. The lowest BCUT2D eigenvalue weighted by molar-refractivity contribution is 0.0969. The maximum absolute atomic E-state index is 14.1. The Labute approximate surface area is 205 Å². The molecule has 5 aromatic rings. The first-order valence-corrected chi connectivity index (χ1v) is 11.0. The molecule has 0 saturated carbocycles. The maximum atomic E-state index is 14.1. The van der Waals surface area contributed by atoms with Crippen molar-refractivity contribution >= 4 is 34.6 Å². The van der Waals surface area contributed by atoms with Gasteiger partial charge in [-0.1, -0.05) is 30.3 Å². The zero-order chi connectivity index (χ0) is 25.1. The smallest absolute Gasteiger partial charge is 0.256 e. The zero-order valence-corrected chi connectivity index (χ0v) is 19.0. The van der Waals surface area contributed by atoms with E-state index in [-0.39, 0.29) is 11.5 Å². The van der Waals surface area contributed by atoms with E-state index < -0.39 is 11.7 Å². The van der Waals surface area contributed by atoms with Gasteiger partial charge < -0.3 is 16.8 Å². The van der Waals surface area contributed by atoms with Gasteiger partial charge in [-0.05, 0) is 42.0 Å². The van der Waals surface area contributed by atoms with E-state index in [1.54, 1.807) is 24.4 Å². The number of benzene rings is 2. The molecule has 9 nitrogen and oxygen atoms in total. The molecular weight excluding hydrogens is 459 g/mol. The molecule has 0 aliphatic rings. The van der Waals surface area contributed by atoms with Crippen LogP contribution < -0.4 is 16.8 Å². The van der Waals surface area contributed by atoms with Crippen LogP contribution in [0.3, 0.4) is 0 Å². The summed E-state index contributed by atoms with van der Waals surface area (Å²) in [5, 5.41) is 7.18. The summed E-state index contributed by atoms with van der Waals surface area (Å²) >= 11 is 0. The van der Waals surface area contributed by atoms with Gasteiger partial charge in [0.05, 0.1) is 29.0 Å². The molecule has 36 heavy (non-hydrogen) atoms. The summed E-state index contributed by atoms with van der Waals surface area (Å²) in [6.07, 6.45) is 4.43. The number of hydrogen-bond acceptors (Lipinski definition) is 7. The first-order chi connectivity index (χ1) is 17.5. The number of fused-ring (bicyclic) bond motifs is 2. The Morgan fingerprint density at radius 2 is 1.92 bits per heavy atom.